The number of nitrogens with zero attached hydrogens (tertiary/aromatic N) is 1. The van der Waals surface area contributed by atoms with E-state index in [1.165, 1.54) is 13.0 Å². The fraction of sp³-hybridized carbons (Fsp3) is 0.312. The number of ether oxygens (including phenoxy) is 1. The average Bonchev–Trinajstić information content (AvgIpc) is 3.60. The Kier molecular flexibility index (Phi) is 8.57. The lowest BCUT2D eigenvalue weighted by molar-refractivity contribution is -0.117. The van der Waals surface area contributed by atoms with Crippen LogP contribution in [0.5, 0.6) is 0 Å². The second kappa shape index (κ2) is 12.2. The summed E-state index contributed by atoms with van der Waals surface area (Å²) in [5, 5.41) is 9.22. The van der Waals surface area contributed by atoms with E-state index < -0.39 is 50.9 Å². The summed E-state index contributed by atoms with van der Waals surface area (Å²) in [4.78, 5) is 51.7. The van der Waals surface area contributed by atoms with E-state index in [4.69, 9.17) is 4.74 Å². The first-order chi connectivity index (χ1) is 21.2. The van der Waals surface area contributed by atoms with Crippen molar-refractivity contribution in [3.05, 3.63) is 89.5 Å². The normalized spacial score (nSPS) is 18.3. The molecular weight excluding hydrogens is 598 g/mol. The number of sulfone groups is 1. The second-order valence-electron chi connectivity index (χ2n) is 11.9. The zero-order valence-corrected chi connectivity index (χ0v) is 26.1. The standard InChI is InChI=1S/C32H35N5O7S/c1-19(33-31(41)44-32(2,3)4)27(38)34-23-12-10-21(11-13-23)29(39)37-17-16-22-18-24(14-15-25(22)37)45(42,43)28-26(35-30(40)36-28)20-8-6-5-7-9-20/h5-15,18-19,26,28H,16-17H2,1-4H3,(H,33,41)(H,34,38)(H2,35,36,40). The van der Waals surface area contributed by atoms with E-state index in [-0.39, 0.29) is 10.8 Å². The van der Waals surface area contributed by atoms with Crippen LogP contribution in [-0.2, 0) is 25.8 Å². The lowest BCUT2D eigenvalue weighted by Gasteiger charge is -2.21. The van der Waals surface area contributed by atoms with E-state index in [2.05, 4.69) is 21.3 Å². The molecule has 5 rings (SSSR count). The van der Waals surface area contributed by atoms with Gasteiger partial charge in [-0.1, -0.05) is 30.3 Å². The van der Waals surface area contributed by atoms with E-state index in [0.29, 0.717) is 41.0 Å². The van der Waals surface area contributed by atoms with Gasteiger partial charge >= 0.3 is 12.1 Å². The van der Waals surface area contributed by atoms with Gasteiger partial charge in [0, 0.05) is 23.5 Å². The van der Waals surface area contributed by atoms with Crippen molar-refractivity contribution >= 4 is 45.2 Å². The van der Waals surface area contributed by atoms with Gasteiger partial charge in [0.2, 0.25) is 15.7 Å². The lowest BCUT2D eigenvalue weighted by atomic mass is 10.1. The molecule has 0 bridgehead atoms. The van der Waals surface area contributed by atoms with Crippen LogP contribution in [0.15, 0.2) is 77.7 Å². The molecule has 0 aliphatic carbocycles. The number of amides is 5. The molecule has 12 nitrogen and oxygen atoms in total. The number of carbonyl (C=O) groups is 4. The van der Waals surface area contributed by atoms with Gasteiger partial charge in [-0.25, -0.2) is 18.0 Å². The van der Waals surface area contributed by atoms with Gasteiger partial charge in [0.15, 0.2) is 5.37 Å². The Hall–Kier alpha value is -4.91. The third kappa shape index (κ3) is 6.93. The molecule has 45 heavy (non-hydrogen) atoms. The van der Waals surface area contributed by atoms with Crippen LogP contribution in [0.2, 0.25) is 0 Å². The van der Waals surface area contributed by atoms with Crippen molar-refractivity contribution in [2.24, 2.45) is 0 Å². The number of hydrogen-bond acceptors (Lipinski definition) is 7. The Bertz CT molecular complexity index is 1740. The van der Waals surface area contributed by atoms with E-state index in [1.807, 2.05) is 6.07 Å². The van der Waals surface area contributed by atoms with E-state index >= 15 is 0 Å². The summed E-state index contributed by atoms with van der Waals surface area (Å²) < 4.78 is 32.5. The molecule has 0 saturated carbocycles. The molecule has 3 aromatic carbocycles. The predicted octanol–water partition coefficient (Wildman–Crippen LogP) is 3.90. The van der Waals surface area contributed by atoms with Crippen LogP contribution < -0.4 is 26.2 Å². The van der Waals surface area contributed by atoms with Crippen molar-refractivity contribution in [3.63, 3.8) is 0 Å². The largest absolute Gasteiger partial charge is 0.444 e. The minimum atomic E-state index is -3.98. The molecule has 0 spiro atoms. The zero-order chi connectivity index (χ0) is 32.5. The summed E-state index contributed by atoms with van der Waals surface area (Å²) in [6, 6.07) is 17.7. The second-order valence-corrected chi connectivity index (χ2v) is 14.0. The van der Waals surface area contributed by atoms with Crippen molar-refractivity contribution in [2.75, 3.05) is 16.8 Å². The fourth-order valence-corrected chi connectivity index (χ4v) is 6.91. The first-order valence-corrected chi connectivity index (χ1v) is 16.0. The maximum absolute atomic E-state index is 13.7. The van der Waals surface area contributed by atoms with Gasteiger partial charge in [0.05, 0.1) is 10.9 Å². The Morgan fingerprint density at radius 1 is 0.978 bits per heavy atom. The molecule has 5 amide bonds. The van der Waals surface area contributed by atoms with Gasteiger partial charge in [-0.05, 0) is 87.7 Å². The minimum absolute atomic E-state index is 0.0564. The summed E-state index contributed by atoms with van der Waals surface area (Å²) in [6.45, 7) is 7.06. The number of benzene rings is 3. The van der Waals surface area contributed by atoms with Gasteiger partial charge < -0.3 is 30.9 Å². The number of fused-ring (bicyclic) bond motifs is 1. The first kappa shape index (κ1) is 31.5. The average molecular weight is 634 g/mol. The number of hydrogen-bond donors (Lipinski definition) is 4. The molecule has 0 aromatic heterocycles. The maximum Gasteiger partial charge on any atom is 0.408 e. The number of anilines is 2. The quantitative estimate of drug-likeness (QED) is 0.307. The molecule has 2 aliphatic rings. The topological polar surface area (TPSA) is 163 Å². The first-order valence-electron chi connectivity index (χ1n) is 14.4. The molecule has 4 N–H and O–H groups in total. The SMILES string of the molecule is CC(NC(=O)OC(C)(C)C)C(=O)Nc1ccc(C(=O)N2CCc3cc(S(=O)(=O)C4NC(=O)NC4c4ccccc4)ccc32)cc1. The molecule has 3 unspecified atom stereocenters. The maximum atomic E-state index is 13.7. The van der Waals surface area contributed by atoms with Gasteiger partial charge in [0.25, 0.3) is 5.91 Å². The minimum Gasteiger partial charge on any atom is -0.444 e. The van der Waals surface area contributed by atoms with Crippen molar-refractivity contribution in [3.8, 4) is 0 Å². The summed E-state index contributed by atoms with van der Waals surface area (Å²) in [6.07, 6.45) is -0.251. The summed E-state index contributed by atoms with van der Waals surface area (Å²) >= 11 is 0. The number of rotatable bonds is 7. The number of urea groups is 1. The van der Waals surface area contributed by atoms with Crippen molar-refractivity contribution in [2.45, 2.75) is 62.1 Å². The fourth-order valence-electron chi connectivity index (χ4n) is 5.21. The highest BCUT2D eigenvalue weighted by atomic mass is 32.2. The lowest BCUT2D eigenvalue weighted by Crippen LogP contribution is -2.43. The van der Waals surface area contributed by atoms with Crippen molar-refractivity contribution in [1.29, 1.82) is 0 Å². The van der Waals surface area contributed by atoms with Crippen LogP contribution >= 0.6 is 0 Å². The molecule has 0 radical (unpaired) electrons. The van der Waals surface area contributed by atoms with Crippen LogP contribution in [0.1, 0.15) is 55.2 Å². The molecule has 1 fully saturated rings. The highest BCUT2D eigenvalue weighted by Gasteiger charge is 2.43. The Morgan fingerprint density at radius 3 is 2.33 bits per heavy atom. The van der Waals surface area contributed by atoms with Crippen molar-refractivity contribution in [1.82, 2.24) is 16.0 Å². The molecular formula is C32H35N5O7S. The van der Waals surface area contributed by atoms with Gasteiger partial charge in [-0.3, -0.25) is 9.59 Å². The van der Waals surface area contributed by atoms with Crippen molar-refractivity contribution < 1.29 is 32.3 Å². The molecule has 2 aliphatic heterocycles. The third-order valence-corrected chi connectivity index (χ3v) is 9.37. The van der Waals surface area contributed by atoms with Gasteiger partial charge in [-0.2, -0.15) is 0 Å². The molecule has 3 aromatic rings. The smallest absolute Gasteiger partial charge is 0.408 e. The van der Waals surface area contributed by atoms with E-state index in [9.17, 15) is 27.6 Å². The summed E-state index contributed by atoms with van der Waals surface area (Å²) in [5.41, 5.74) is 2.09. The predicted molar refractivity (Wildman–Crippen MR) is 168 cm³/mol. The highest BCUT2D eigenvalue weighted by Crippen LogP contribution is 2.35. The molecule has 3 atom stereocenters. The van der Waals surface area contributed by atoms with Crippen LogP contribution in [0.4, 0.5) is 21.0 Å². The Morgan fingerprint density at radius 2 is 1.67 bits per heavy atom. The summed E-state index contributed by atoms with van der Waals surface area (Å²) in [5.74, 6) is -0.735. The van der Waals surface area contributed by atoms with Crippen LogP contribution in [0.3, 0.4) is 0 Å². The van der Waals surface area contributed by atoms with E-state index in [0.717, 1.165) is 0 Å². The Labute approximate surface area is 261 Å². The van der Waals surface area contributed by atoms with Crippen LogP contribution in [-0.4, -0.2) is 55.9 Å². The summed E-state index contributed by atoms with van der Waals surface area (Å²) in [7, 11) is -3.98. The monoisotopic (exact) mass is 633 g/mol. The zero-order valence-electron chi connectivity index (χ0n) is 25.3. The number of alkyl carbamates (subject to hydrolysis) is 1. The Balaban J connectivity index is 1.25. The highest BCUT2D eigenvalue weighted by molar-refractivity contribution is 7.92. The van der Waals surface area contributed by atoms with Crippen LogP contribution in [0, 0.1) is 0 Å². The van der Waals surface area contributed by atoms with Crippen LogP contribution in [0.25, 0.3) is 0 Å². The van der Waals surface area contributed by atoms with Gasteiger partial charge in [0.1, 0.15) is 11.6 Å². The third-order valence-electron chi connectivity index (χ3n) is 7.40. The van der Waals surface area contributed by atoms with Gasteiger partial charge in [-0.15, -0.1) is 0 Å². The number of carbonyl (C=O) groups excluding carboxylic acids is 4. The number of nitrogens with one attached hydrogen (secondary N) is 4. The molecule has 13 heteroatoms. The van der Waals surface area contributed by atoms with E-state index in [1.54, 1.807) is 86.3 Å². The molecule has 236 valence electrons. The molecule has 2 heterocycles. The molecule has 1 saturated heterocycles.